The predicted molar refractivity (Wildman–Crippen MR) is 118 cm³/mol. The largest absolute Gasteiger partial charge is 0.376 e. The van der Waals surface area contributed by atoms with Gasteiger partial charge >= 0.3 is 0 Å². The summed E-state index contributed by atoms with van der Waals surface area (Å²) in [5.41, 5.74) is 3.44. The Hall–Kier alpha value is -3.25. The van der Waals surface area contributed by atoms with E-state index < -0.39 is 0 Å². The first kappa shape index (κ1) is 20.0. The Balaban J connectivity index is 1.68. The molecule has 2 aromatic carbocycles. The van der Waals surface area contributed by atoms with Crippen molar-refractivity contribution in [3.63, 3.8) is 0 Å². The van der Waals surface area contributed by atoms with Crippen molar-refractivity contribution in [1.29, 1.82) is 0 Å². The summed E-state index contributed by atoms with van der Waals surface area (Å²) in [6.45, 7) is 3.29. The maximum atomic E-state index is 13.0. The number of aryl methyl sites for hydroxylation is 1. The molecule has 0 aliphatic carbocycles. The van der Waals surface area contributed by atoms with Crippen molar-refractivity contribution in [1.82, 2.24) is 15.3 Å². The smallest absolute Gasteiger partial charge is 0.256 e. The van der Waals surface area contributed by atoms with Gasteiger partial charge in [-0.2, -0.15) is 0 Å². The number of ether oxygens (including phenoxy) is 1. The first-order chi connectivity index (χ1) is 14.6. The number of carbonyl (C=O) groups excluding carboxylic acids is 1. The summed E-state index contributed by atoms with van der Waals surface area (Å²) in [6, 6.07) is 17.9. The fourth-order valence-corrected chi connectivity index (χ4v) is 3.59. The van der Waals surface area contributed by atoms with Gasteiger partial charge in [-0.05, 0) is 38.0 Å². The second kappa shape index (κ2) is 9.05. The van der Waals surface area contributed by atoms with Crippen LogP contribution in [0.2, 0.25) is 0 Å². The Morgan fingerprint density at radius 1 is 1.20 bits per heavy atom. The van der Waals surface area contributed by atoms with Gasteiger partial charge in [-0.25, -0.2) is 9.97 Å². The highest BCUT2D eigenvalue weighted by Gasteiger charge is 2.22. The van der Waals surface area contributed by atoms with E-state index in [0.717, 1.165) is 36.3 Å². The highest BCUT2D eigenvalue weighted by atomic mass is 16.5. The number of nitrogens with zero attached hydrogens (tertiary/aromatic N) is 3. The average Bonchev–Trinajstić information content (AvgIpc) is 3.31. The zero-order chi connectivity index (χ0) is 20.9. The third-order valence-corrected chi connectivity index (χ3v) is 5.27. The van der Waals surface area contributed by atoms with Crippen molar-refractivity contribution in [2.45, 2.75) is 25.9 Å². The first-order valence-corrected chi connectivity index (χ1v) is 10.2. The Morgan fingerprint density at radius 3 is 2.77 bits per heavy atom. The highest BCUT2D eigenvalue weighted by Crippen LogP contribution is 2.27. The minimum Gasteiger partial charge on any atom is -0.376 e. The van der Waals surface area contributed by atoms with Crippen LogP contribution in [-0.4, -0.2) is 42.2 Å². The van der Waals surface area contributed by atoms with Crippen LogP contribution < -0.4 is 10.2 Å². The van der Waals surface area contributed by atoms with Gasteiger partial charge in [-0.15, -0.1) is 0 Å². The first-order valence-electron chi connectivity index (χ1n) is 10.2. The van der Waals surface area contributed by atoms with E-state index in [2.05, 4.69) is 10.3 Å². The van der Waals surface area contributed by atoms with Gasteiger partial charge in [-0.3, -0.25) is 4.79 Å². The minimum atomic E-state index is -0.195. The molecule has 0 saturated carbocycles. The standard InChI is InChI=1S/C24H26N4O2/c1-17-8-6-9-18(14-17)22-25-16-21(24(29)26-15-20-12-7-13-30-20)23(27-22)28(2)19-10-4-3-5-11-19/h3-6,8-11,14,16,20H,7,12-13,15H2,1-2H3,(H,26,29). The molecule has 0 radical (unpaired) electrons. The van der Waals surface area contributed by atoms with E-state index in [0.29, 0.717) is 23.8 Å². The molecule has 1 unspecified atom stereocenters. The fraction of sp³-hybridized carbons (Fsp3) is 0.292. The molecule has 1 fully saturated rings. The summed E-state index contributed by atoms with van der Waals surface area (Å²) in [6.07, 6.45) is 3.71. The number of rotatable bonds is 6. The number of para-hydroxylation sites is 1. The van der Waals surface area contributed by atoms with Gasteiger partial charge in [0.2, 0.25) is 0 Å². The Labute approximate surface area is 176 Å². The summed E-state index contributed by atoms with van der Waals surface area (Å²) in [5.74, 6) is 0.962. The molecule has 3 aromatic rings. The molecule has 0 bridgehead atoms. The molecule has 0 spiro atoms. The van der Waals surface area contributed by atoms with E-state index in [9.17, 15) is 4.79 Å². The molecule has 1 aromatic heterocycles. The number of benzene rings is 2. The molecule has 30 heavy (non-hydrogen) atoms. The van der Waals surface area contributed by atoms with Crippen LogP contribution in [0, 0.1) is 6.92 Å². The van der Waals surface area contributed by atoms with Crippen molar-refractivity contribution >= 4 is 17.4 Å². The topological polar surface area (TPSA) is 67.3 Å². The van der Waals surface area contributed by atoms with Crippen molar-refractivity contribution in [3.8, 4) is 11.4 Å². The molecule has 1 saturated heterocycles. The molecule has 1 amide bonds. The molecule has 2 heterocycles. The zero-order valence-electron chi connectivity index (χ0n) is 17.3. The van der Waals surface area contributed by atoms with Gasteiger partial charge in [0, 0.05) is 37.6 Å². The van der Waals surface area contributed by atoms with Crippen LogP contribution in [0.25, 0.3) is 11.4 Å². The van der Waals surface area contributed by atoms with Crippen LogP contribution in [0.1, 0.15) is 28.8 Å². The van der Waals surface area contributed by atoms with E-state index in [1.54, 1.807) is 6.20 Å². The number of carbonyl (C=O) groups is 1. The van der Waals surface area contributed by atoms with E-state index in [1.165, 1.54) is 0 Å². The lowest BCUT2D eigenvalue weighted by Gasteiger charge is -2.22. The molecular formula is C24H26N4O2. The van der Waals surface area contributed by atoms with Gasteiger partial charge in [0.25, 0.3) is 5.91 Å². The monoisotopic (exact) mass is 402 g/mol. The molecule has 1 aliphatic rings. The van der Waals surface area contributed by atoms with Crippen LogP contribution in [0.3, 0.4) is 0 Å². The lowest BCUT2D eigenvalue weighted by molar-refractivity contribution is 0.0857. The number of aromatic nitrogens is 2. The van der Waals surface area contributed by atoms with Gasteiger partial charge in [-0.1, -0.05) is 42.0 Å². The number of hydrogen-bond acceptors (Lipinski definition) is 5. The van der Waals surface area contributed by atoms with Crippen molar-refractivity contribution in [3.05, 3.63) is 71.9 Å². The second-order valence-corrected chi connectivity index (χ2v) is 7.54. The van der Waals surface area contributed by atoms with Crippen molar-refractivity contribution < 1.29 is 9.53 Å². The molecular weight excluding hydrogens is 376 g/mol. The summed E-state index contributed by atoms with van der Waals surface area (Å²) in [7, 11) is 1.91. The SMILES string of the molecule is Cc1cccc(-c2ncc(C(=O)NCC3CCCO3)c(N(C)c3ccccc3)n2)c1. The van der Waals surface area contributed by atoms with Crippen LogP contribution in [0.5, 0.6) is 0 Å². The third-order valence-electron chi connectivity index (χ3n) is 5.27. The fourth-order valence-electron chi connectivity index (χ4n) is 3.59. The zero-order valence-corrected chi connectivity index (χ0v) is 17.3. The predicted octanol–water partition coefficient (Wildman–Crippen LogP) is 4.13. The Bertz CT molecular complexity index is 1020. The number of anilines is 2. The van der Waals surface area contributed by atoms with Crippen LogP contribution in [0.15, 0.2) is 60.8 Å². The number of hydrogen-bond donors (Lipinski definition) is 1. The van der Waals surface area contributed by atoms with E-state index in [1.807, 2.05) is 73.5 Å². The maximum Gasteiger partial charge on any atom is 0.256 e. The number of nitrogens with one attached hydrogen (secondary N) is 1. The van der Waals surface area contributed by atoms with Crippen molar-refractivity contribution in [2.24, 2.45) is 0 Å². The molecule has 1 atom stereocenters. The quantitative estimate of drug-likeness (QED) is 0.672. The maximum absolute atomic E-state index is 13.0. The van der Waals surface area contributed by atoms with Gasteiger partial charge in [0.15, 0.2) is 5.82 Å². The molecule has 6 heteroatoms. The van der Waals surface area contributed by atoms with E-state index >= 15 is 0 Å². The lowest BCUT2D eigenvalue weighted by atomic mass is 10.1. The summed E-state index contributed by atoms with van der Waals surface area (Å²) in [4.78, 5) is 24.2. The number of amides is 1. The average molecular weight is 402 g/mol. The summed E-state index contributed by atoms with van der Waals surface area (Å²) in [5, 5.41) is 2.99. The summed E-state index contributed by atoms with van der Waals surface area (Å²) >= 11 is 0. The normalized spacial score (nSPS) is 15.7. The van der Waals surface area contributed by atoms with E-state index in [4.69, 9.17) is 9.72 Å². The lowest BCUT2D eigenvalue weighted by Crippen LogP contribution is -2.33. The molecule has 154 valence electrons. The highest BCUT2D eigenvalue weighted by molar-refractivity contribution is 5.99. The van der Waals surface area contributed by atoms with Gasteiger partial charge < -0.3 is 15.0 Å². The van der Waals surface area contributed by atoms with Crippen LogP contribution >= 0.6 is 0 Å². The molecule has 1 aliphatic heterocycles. The molecule has 1 N–H and O–H groups in total. The molecule has 4 rings (SSSR count). The van der Waals surface area contributed by atoms with Crippen LogP contribution in [0.4, 0.5) is 11.5 Å². The van der Waals surface area contributed by atoms with E-state index in [-0.39, 0.29) is 12.0 Å². The van der Waals surface area contributed by atoms with Crippen molar-refractivity contribution in [2.75, 3.05) is 25.1 Å². The minimum absolute atomic E-state index is 0.0803. The van der Waals surface area contributed by atoms with Crippen LogP contribution in [-0.2, 0) is 4.74 Å². The van der Waals surface area contributed by atoms with Gasteiger partial charge in [0.1, 0.15) is 11.4 Å². The Kier molecular flexibility index (Phi) is 6.05. The summed E-state index contributed by atoms with van der Waals surface area (Å²) < 4.78 is 5.62. The third kappa shape index (κ3) is 4.49. The van der Waals surface area contributed by atoms with Gasteiger partial charge in [0.05, 0.1) is 6.10 Å². The second-order valence-electron chi connectivity index (χ2n) is 7.54. The molecule has 6 nitrogen and oxygen atoms in total. The Morgan fingerprint density at radius 2 is 2.03 bits per heavy atom.